The first kappa shape index (κ1) is 13.4. The average molecular weight is 217 g/mol. The third-order valence-electron chi connectivity index (χ3n) is 1.39. The van der Waals surface area contributed by atoms with Crippen LogP contribution in [0.1, 0.15) is 27.2 Å². The van der Waals surface area contributed by atoms with Crippen LogP contribution in [0, 0.1) is 5.92 Å². The van der Waals surface area contributed by atoms with E-state index in [9.17, 15) is 14.4 Å². The van der Waals surface area contributed by atoms with Crippen LogP contribution in [0.5, 0.6) is 0 Å². The molecule has 6 nitrogen and oxygen atoms in total. The molecule has 0 radical (unpaired) electrons. The fourth-order valence-corrected chi connectivity index (χ4v) is 0.846. The topological polar surface area (TPSA) is 107 Å². The molecule has 1 unspecified atom stereocenters. The van der Waals surface area contributed by atoms with Crippen LogP contribution in [0.2, 0.25) is 0 Å². The summed E-state index contributed by atoms with van der Waals surface area (Å²) in [5, 5.41) is 8.68. The number of carboxylic acids is 1. The van der Waals surface area contributed by atoms with Crippen molar-refractivity contribution < 1.29 is 24.2 Å². The van der Waals surface area contributed by atoms with E-state index >= 15 is 0 Å². The summed E-state index contributed by atoms with van der Waals surface area (Å²) in [6.07, 6.45) is -0.551. The van der Waals surface area contributed by atoms with Crippen LogP contribution in [0.15, 0.2) is 0 Å². The Labute approximate surface area is 87.4 Å². The first-order valence-corrected chi connectivity index (χ1v) is 4.37. The van der Waals surface area contributed by atoms with Gasteiger partial charge in [0.1, 0.15) is 5.60 Å². The lowest BCUT2D eigenvalue weighted by Crippen LogP contribution is -2.35. The molecule has 0 rings (SSSR count). The highest BCUT2D eigenvalue weighted by Gasteiger charge is 2.32. The van der Waals surface area contributed by atoms with Gasteiger partial charge in [-0.15, -0.1) is 0 Å². The largest absolute Gasteiger partial charge is 0.481 e. The molecule has 0 aromatic rings. The third kappa shape index (κ3) is 5.66. The van der Waals surface area contributed by atoms with E-state index in [0.717, 1.165) is 0 Å². The fraction of sp³-hybridized carbons (Fsp3) is 0.667. The zero-order valence-electron chi connectivity index (χ0n) is 8.94. The van der Waals surface area contributed by atoms with E-state index in [-0.39, 0.29) is 0 Å². The Bertz CT molecular complexity index is 279. The number of hydrogen-bond donors (Lipinski definition) is 2. The van der Waals surface area contributed by atoms with Gasteiger partial charge in [0.15, 0.2) is 5.92 Å². The summed E-state index contributed by atoms with van der Waals surface area (Å²) in [4.78, 5) is 32.5. The molecule has 6 heteroatoms. The van der Waals surface area contributed by atoms with Gasteiger partial charge in [0.2, 0.25) is 5.91 Å². The number of nitrogens with two attached hydrogens (primary N) is 1. The van der Waals surface area contributed by atoms with Crippen LogP contribution in [0.4, 0.5) is 0 Å². The van der Waals surface area contributed by atoms with Gasteiger partial charge >= 0.3 is 11.9 Å². The van der Waals surface area contributed by atoms with E-state index in [2.05, 4.69) is 0 Å². The molecule has 0 fully saturated rings. The fourth-order valence-electron chi connectivity index (χ4n) is 0.846. The third-order valence-corrected chi connectivity index (χ3v) is 1.39. The maximum absolute atomic E-state index is 11.3. The molecular weight excluding hydrogens is 202 g/mol. The molecule has 3 N–H and O–H groups in total. The van der Waals surface area contributed by atoms with Crippen molar-refractivity contribution in [1.29, 1.82) is 0 Å². The van der Waals surface area contributed by atoms with Gasteiger partial charge in [-0.05, 0) is 20.8 Å². The minimum absolute atomic E-state index is 0.551. The summed E-state index contributed by atoms with van der Waals surface area (Å²) in [5.74, 6) is -4.74. The van der Waals surface area contributed by atoms with Gasteiger partial charge in [0.05, 0.1) is 6.42 Å². The summed E-state index contributed by atoms with van der Waals surface area (Å²) in [6.45, 7) is 4.82. The highest BCUT2D eigenvalue weighted by atomic mass is 16.6. The molecule has 15 heavy (non-hydrogen) atoms. The molecular formula is C9H15NO5. The Kier molecular flexibility index (Phi) is 4.26. The minimum atomic E-state index is -1.53. The van der Waals surface area contributed by atoms with E-state index in [1.165, 1.54) is 0 Å². The lowest BCUT2D eigenvalue weighted by Gasteiger charge is -2.21. The number of carbonyl (C=O) groups is 3. The van der Waals surface area contributed by atoms with Gasteiger partial charge in [-0.1, -0.05) is 0 Å². The number of ether oxygens (including phenoxy) is 1. The molecule has 0 aliphatic rings. The molecule has 86 valence electrons. The molecule has 0 heterocycles. The van der Waals surface area contributed by atoms with E-state index < -0.39 is 35.8 Å². The molecule has 0 saturated heterocycles. The van der Waals surface area contributed by atoms with Gasteiger partial charge in [-0.3, -0.25) is 14.4 Å². The second-order valence-electron chi connectivity index (χ2n) is 4.09. The van der Waals surface area contributed by atoms with Crippen LogP contribution < -0.4 is 5.73 Å². The Morgan fingerprint density at radius 2 is 1.80 bits per heavy atom. The van der Waals surface area contributed by atoms with Gasteiger partial charge < -0.3 is 15.6 Å². The lowest BCUT2D eigenvalue weighted by molar-refractivity contribution is -0.168. The number of esters is 1. The quantitative estimate of drug-likeness (QED) is 0.505. The van der Waals surface area contributed by atoms with Crippen LogP contribution in [0.25, 0.3) is 0 Å². The first-order valence-electron chi connectivity index (χ1n) is 4.37. The second kappa shape index (κ2) is 4.77. The van der Waals surface area contributed by atoms with Crippen molar-refractivity contribution in [1.82, 2.24) is 0 Å². The number of carbonyl (C=O) groups excluding carboxylic acids is 2. The lowest BCUT2D eigenvalue weighted by atomic mass is 10.1. The Hall–Kier alpha value is -1.59. The number of primary amides is 1. The van der Waals surface area contributed by atoms with Crippen LogP contribution in [0.3, 0.4) is 0 Å². The molecule has 0 aromatic heterocycles. The van der Waals surface area contributed by atoms with Gasteiger partial charge in [-0.2, -0.15) is 0 Å². The first-order chi connectivity index (χ1) is 6.63. The van der Waals surface area contributed by atoms with Gasteiger partial charge in [-0.25, -0.2) is 0 Å². The molecule has 0 bridgehead atoms. The number of carboxylic acid groups (broad SMARTS) is 1. The number of aliphatic carboxylic acids is 1. The van der Waals surface area contributed by atoms with Crippen molar-refractivity contribution in [3.63, 3.8) is 0 Å². The minimum Gasteiger partial charge on any atom is -0.481 e. The van der Waals surface area contributed by atoms with Crippen LogP contribution in [-0.4, -0.2) is 28.6 Å². The summed E-state index contributed by atoms with van der Waals surface area (Å²) in [5.41, 5.74) is 4.03. The van der Waals surface area contributed by atoms with Crippen LogP contribution in [-0.2, 0) is 19.1 Å². The average Bonchev–Trinajstić information content (AvgIpc) is 1.95. The molecule has 0 aromatic carbocycles. The summed E-state index contributed by atoms with van der Waals surface area (Å²) < 4.78 is 4.83. The van der Waals surface area contributed by atoms with Crippen LogP contribution >= 0.6 is 0 Å². The van der Waals surface area contributed by atoms with Gasteiger partial charge in [0.25, 0.3) is 0 Å². The van der Waals surface area contributed by atoms with Crippen molar-refractivity contribution >= 4 is 17.8 Å². The van der Waals surface area contributed by atoms with Crippen molar-refractivity contribution in [2.45, 2.75) is 32.8 Å². The van der Waals surface area contributed by atoms with Crippen molar-refractivity contribution in [3.05, 3.63) is 0 Å². The summed E-state index contributed by atoms with van der Waals surface area (Å²) in [6, 6.07) is 0. The molecule has 0 aliphatic carbocycles. The van der Waals surface area contributed by atoms with E-state index in [1.807, 2.05) is 0 Å². The summed E-state index contributed by atoms with van der Waals surface area (Å²) >= 11 is 0. The van der Waals surface area contributed by atoms with Gasteiger partial charge in [0, 0.05) is 0 Å². The Morgan fingerprint density at radius 1 is 1.33 bits per heavy atom. The smallest absolute Gasteiger partial charge is 0.321 e. The number of rotatable bonds is 4. The molecule has 0 aliphatic heterocycles. The van der Waals surface area contributed by atoms with Crippen molar-refractivity contribution in [3.8, 4) is 0 Å². The molecule has 0 spiro atoms. The zero-order valence-corrected chi connectivity index (χ0v) is 8.94. The predicted octanol–water partition coefficient (Wildman–Crippen LogP) is -0.0957. The normalized spacial score (nSPS) is 13.0. The summed E-state index contributed by atoms with van der Waals surface area (Å²) in [7, 11) is 0. The number of amides is 1. The molecule has 1 amide bonds. The standard InChI is InChI=1S/C9H15NO5/c1-9(2,3)15-8(14)5(7(12)13)4-6(10)11/h5H,4H2,1-3H3,(H2,10,11)(H,12,13). The van der Waals surface area contributed by atoms with E-state index in [0.29, 0.717) is 0 Å². The predicted molar refractivity (Wildman–Crippen MR) is 50.8 cm³/mol. The second-order valence-corrected chi connectivity index (χ2v) is 4.09. The SMILES string of the molecule is CC(C)(C)OC(=O)C(CC(N)=O)C(=O)O. The van der Waals surface area contributed by atoms with Crippen molar-refractivity contribution in [2.24, 2.45) is 11.7 Å². The Morgan fingerprint density at radius 3 is 2.07 bits per heavy atom. The van der Waals surface area contributed by atoms with Crippen molar-refractivity contribution in [2.75, 3.05) is 0 Å². The maximum Gasteiger partial charge on any atom is 0.321 e. The monoisotopic (exact) mass is 217 g/mol. The van der Waals surface area contributed by atoms with E-state index in [4.69, 9.17) is 15.6 Å². The number of hydrogen-bond acceptors (Lipinski definition) is 4. The maximum atomic E-state index is 11.3. The van der Waals surface area contributed by atoms with E-state index in [1.54, 1.807) is 20.8 Å². The highest BCUT2D eigenvalue weighted by molar-refractivity contribution is 5.97. The Balaban J connectivity index is 4.57. The zero-order chi connectivity index (χ0) is 12.2. The molecule has 0 saturated carbocycles. The molecule has 1 atom stereocenters. The highest BCUT2D eigenvalue weighted by Crippen LogP contribution is 2.13.